The Morgan fingerprint density at radius 1 is 1.06 bits per heavy atom. The fourth-order valence-electron chi connectivity index (χ4n) is 3.63. The maximum atomic E-state index is 12.5. The molecular formula is C27H25N7O2. The molecular weight excluding hydrogens is 454 g/mol. The van der Waals surface area contributed by atoms with Crippen molar-refractivity contribution in [3.8, 4) is 11.1 Å². The molecule has 0 unspecified atom stereocenters. The van der Waals surface area contributed by atoms with Crippen LogP contribution in [0, 0.1) is 12.3 Å². The summed E-state index contributed by atoms with van der Waals surface area (Å²) in [6, 6.07) is 17.0. The van der Waals surface area contributed by atoms with Gasteiger partial charge < -0.3 is 27.1 Å². The third-order valence-electron chi connectivity index (χ3n) is 5.49. The standard InChI is InChI=1S/C27H25N7O2/c1-17-7-8-30-15-22(17)19-9-20-11-25(32-16-23(20)24(29)10-19)34-27(36)26(35)33-21(12-28)14-31-13-18-5-3-2-4-6-18/h2-12,14-16,28,31H,13,29H2,1H3,(H,33,35)(H,32,34,36)/b21-14+,28-12?. The number of nitrogen functional groups attached to an aromatic ring is 1. The quantitative estimate of drug-likeness (QED) is 0.156. The number of carbonyl (C=O) groups excluding carboxylic acids is 2. The van der Waals surface area contributed by atoms with Crippen LogP contribution in [-0.2, 0) is 16.1 Å². The van der Waals surface area contributed by atoms with Crippen LogP contribution in [0.5, 0.6) is 0 Å². The van der Waals surface area contributed by atoms with Crippen LogP contribution in [0.15, 0.2) is 85.1 Å². The smallest absolute Gasteiger partial charge is 0.315 e. The second-order valence-corrected chi connectivity index (χ2v) is 8.07. The van der Waals surface area contributed by atoms with E-state index in [1.54, 1.807) is 24.7 Å². The Labute approximate surface area is 208 Å². The molecule has 9 nitrogen and oxygen atoms in total. The van der Waals surface area contributed by atoms with E-state index < -0.39 is 11.8 Å². The van der Waals surface area contributed by atoms with Crippen molar-refractivity contribution in [3.05, 3.63) is 96.2 Å². The third-order valence-corrected chi connectivity index (χ3v) is 5.49. The number of benzene rings is 2. The number of nitrogens with zero attached hydrogens (tertiary/aromatic N) is 2. The van der Waals surface area contributed by atoms with Gasteiger partial charge in [0.25, 0.3) is 0 Å². The summed E-state index contributed by atoms with van der Waals surface area (Å²) >= 11 is 0. The van der Waals surface area contributed by atoms with Gasteiger partial charge in [-0.25, -0.2) is 4.98 Å². The lowest BCUT2D eigenvalue weighted by molar-refractivity contribution is -0.135. The van der Waals surface area contributed by atoms with Gasteiger partial charge in [-0.1, -0.05) is 30.3 Å². The zero-order valence-corrected chi connectivity index (χ0v) is 19.6. The highest BCUT2D eigenvalue weighted by atomic mass is 16.2. The lowest BCUT2D eigenvalue weighted by Gasteiger charge is -2.11. The molecule has 0 aliphatic rings. The maximum absolute atomic E-state index is 12.5. The molecule has 2 heterocycles. The Morgan fingerprint density at radius 2 is 1.86 bits per heavy atom. The first-order valence-corrected chi connectivity index (χ1v) is 11.1. The molecule has 0 saturated heterocycles. The Morgan fingerprint density at radius 3 is 2.61 bits per heavy atom. The fourth-order valence-corrected chi connectivity index (χ4v) is 3.63. The van der Waals surface area contributed by atoms with Crippen molar-refractivity contribution in [2.45, 2.75) is 13.5 Å². The molecule has 4 rings (SSSR count). The van der Waals surface area contributed by atoms with E-state index in [9.17, 15) is 9.59 Å². The number of nitrogens with two attached hydrogens (primary N) is 1. The summed E-state index contributed by atoms with van der Waals surface area (Å²) in [6.45, 7) is 2.49. The number of amides is 2. The number of allylic oxidation sites excluding steroid dienone is 1. The second-order valence-electron chi connectivity index (χ2n) is 8.07. The Bertz CT molecular complexity index is 1470. The van der Waals surface area contributed by atoms with Gasteiger partial charge in [0, 0.05) is 54.2 Å². The molecule has 2 amide bonds. The van der Waals surface area contributed by atoms with Gasteiger partial charge in [0.2, 0.25) is 0 Å². The Kier molecular flexibility index (Phi) is 7.30. The normalized spacial score (nSPS) is 11.1. The zero-order valence-electron chi connectivity index (χ0n) is 19.6. The Hall–Kier alpha value is -5.05. The number of rotatable bonds is 7. The molecule has 2 aromatic carbocycles. The van der Waals surface area contributed by atoms with Gasteiger partial charge in [0.05, 0.1) is 5.70 Å². The number of hydrogen-bond acceptors (Lipinski definition) is 7. The van der Waals surface area contributed by atoms with Crippen LogP contribution in [0.1, 0.15) is 11.1 Å². The van der Waals surface area contributed by atoms with E-state index in [0.717, 1.165) is 39.2 Å². The first kappa shape index (κ1) is 24.1. The molecule has 0 aliphatic heterocycles. The summed E-state index contributed by atoms with van der Waals surface area (Å²) in [4.78, 5) is 33.3. The lowest BCUT2D eigenvalue weighted by Crippen LogP contribution is -2.36. The van der Waals surface area contributed by atoms with Crippen molar-refractivity contribution in [1.29, 1.82) is 5.41 Å². The molecule has 180 valence electrons. The van der Waals surface area contributed by atoms with Crippen molar-refractivity contribution in [3.63, 3.8) is 0 Å². The maximum Gasteiger partial charge on any atom is 0.315 e. The molecule has 9 heteroatoms. The van der Waals surface area contributed by atoms with Crippen molar-refractivity contribution in [2.75, 3.05) is 11.1 Å². The largest absolute Gasteiger partial charge is 0.398 e. The molecule has 0 aliphatic carbocycles. The van der Waals surface area contributed by atoms with Crippen LogP contribution >= 0.6 is 0 Å². The average Bonchev–Trinajstić information content (AvgIpc) is 2.88. The topological polar surface area (TPSA) is 146 Å². The Balaban J connectivity index is 1.45. The molecule has 0 radical (unpaired) electrons. The number of hydrogen-bond donors (Lipinski definition) is 5. The minimum Gasteiger partial charge on any atom is -0.398 e. The van der Waals surface area contributed by atoms with Crippen LogP contribution in [0.3, 0.4) is 0 Å². The summed E-state index contributed by atoms with van der Waals surface area (Å²) in [5, 5.41) is 16.9. The molecule has 6 N–H and O–H groups in total. The summed E-state index contributed by atoms with van der Waals surface area (Å²) in [5.74, 6) is -1.64. The van der Waals surface area contributed by atoms with Crippen LogP contribution in [0.25, 0.3) is 21.9 Å². The minimum absolute atomic E-state index is 0.141. The van der Waals surface area contributed by atoms with Gasteiger partial charge in [-0.15, -0.1) is 0 Å². The number of aromatic nitrogens is 2. The molecule has 36 heavy (non-hydrogen) atoms. The van der Waals surface area contributed by atoms with Gasteiger partial charge in [-0.3, -0.25) is 14.6 Å². The number of aryl methyl sites for hydroxylation is 1. The highest BCUT2D eigenvalue weighted by Gasteiger charge is 2.16. The number of carbonyl (C=O) groups is 2. The summed E-state index contributed by atoms with van der Waals surface area (Å²) < 4.78 is 0. The second kappa shape index (κ2) is 10.9. The van der Waals surface area contributed by atoms with Crippen molar-refractivity contribution in [1.82, 2.24) is 20.6 Å². The lowest BCUT2D eigenvalue weighted by atomic mass is 9.99. The van der Waals surface area contributed by atoms with Crippen LogP contribution in [0.4, 0.5) is 11.5 Å². The predicted octanol–water partition coefficient (Wildman–Crippen LogP) is 3.52. The third kappa shape index (κ3) is 5.71. The van der Waals surface area contributed by atoms with E-state index in [1.165, 1.54) is 6.20 Å². The summed E-state index contributed by atoms with van der Waals surface area (Å²) in [7, 11) is 0. The first-order valence-electron chi connectivity index (χ1n) is 11.1. The SMILES string of the molecule is Cc1ccncc1-c1cc(N)c2cnc(NC(=O)C(=O)N/C(C=N)=C/NCc3ccccc3)cc2c1. The van der Waals surface area contributed by atoms with E-state index in [2.05, 4.69) is 25.9 Å². The molecule has 0 fully saturated rings. The molecule has 0 bridgehead atoms. The van der Waals surface area contributed by atoms with Crippen molar-refractivity contribution < 1.29 is 9.59 Å². The monoisotopic (exact) mass is 479 g/mol. The van der Waals surface area contributed by atoms with E-state index >= 15 is 0 Å². The van der Waals surface area contributed by atoms with Gasteiger partial charge in [-0.05, 0) is 53.3 Å². The molecule has 4 aromatic rings. The zero-order chi connectivity index (χ0) is 25.5. The average molecular weight is 480 g/mol. The van der Waals surface area contributed by atoms with Gasteiger partial charge in [0.15, 0.2) is 0 Å². The number of nitrogens with one attached hydrogen (secondary N) is 4. The predicted molar refractivity (Wildman–Crippen MR) is 141 cm³/mol. The minimum atomic E-state index is -0.924. The van der Waals surface area contributed by atoms with Crippen LogP contribution in [0.2, 0.25) is 0 Å². The van der Waals surface area contributed by atoms with E-state index in [1.807, 2.05) is 55.5 Å². The number of pyridine rings is 2. The molecule has 0 atom stereocenters. The van der Waals surface area contributed by atoms with Crippen molar-refractivity contribution in [2.24, 2.45) is 0 Å². The van der Waals surface area contributed by atoms with Gasteiger partial charge >= 0.3 is 11.8 Å². The number of fused-ring (bicyclic) bond motifs is 1. The van der Waals surface area contributed by atoms with E-state index in [0.29, 0.717) is 12.2 Å². The first-order chi connectivity index (χ1) is 17.4. The summed E-state index contributed by atoms with van der Waals surface area (Å²) in [6.07, 6.45) is 7.46. The van der Waals surface area contributed by atoms with Crippen LogP contribution < -0.4 is 21.7 Å². The highest BCUT2D eigenvalue weighted by molar-refractivity contribution is 6.40. The number of anilines is 2. The van der Waals surface area contributed by atoms with Crippen LogP contribution in [-0.4, -0.2) is 28.0 Å². The summed E-state index contributed by atoms with van der Waals surface area (Å²) in [5.41, 5.74) is 10.8. The highest BCUT2D eigenvalue weighted by Crippen LogP contribution is 2.31. The molecule has 2 aromatic heterocycles. The van der Waals surface area contributed by atoms with Gasteiger partial charge in [0.1, 0.15) is 5.82 Å². The van der Waals surface area contributed by atoms with Gasteiger partial charge in [-0.2, -0.15) is 0 Å². The molecule has 0 spiro atoms. The fraction of sp³-hybridized carbons (Fsp3) is 0.0741. The van der Waals surface area contributed by atoms with Crippen molar-refractivity contribution >= 4 is 40.3 Å². The van der Waals surface area contributed by atoms with E-state index in [-0.39, 0.29) is 11.5 Å². The van der Waals surface area contributed by atoms with E-state index in [4.69, 9.17) is 11.1 Å². The molecule has 0 saturated carbocycles.